The van der Waals surface area contributed by atoms with E-state index in [-0.39, 0.29) is 12.0 Å². The van der Waals surface area contributed by atoms with Crippen molar-refractivity contribution in [3.05, 3.63) is 35.9 Å². The van der Waals surface area contributed by atoms with Gasteiger partial charge in [-0.15, -0.1) is 0 Å². The van der Waals surface area contributed by atoms with E-state index >= 15 is 0 Å². The van der Waals surface area contributed by atoms with Gasteiger partial charge < -0.3 is 4.74 Å². The van der Waals surface area contributed by atoms with E-state index in [1.54, 1.807) is 0 Å². The number of carbonyl (C=O) groups is 1. The Hall–Kier alpha value is -1.00. The first kappa shape index (κ1) is 14.4. The van der Waals surface area contributed by atoms with E-state index in [9.17, 15) is 4.79 Å². The minimum atomic E-state index is -0.343. The van der Waals surface area contributed by atoms with Crippen LogP contribution in [0.15, 0.2) is 30.3 Å². The molecular weight excluding hydrogens is 258 g/mol. The van der Waals surface area contributed by atoms with Crippen LogP contribution in [0.25, 0.3) is 0 Å². The van der Waals surface area contributed by atoms with Crippen molar-refractivity contribution >= 4 is 17.7 Å². The van der Waals surface area contributed by atoms with E-state index < -0.39 is 0 Å². The highest BCUT2D eigenvalue weighted by atomic mass is 32.2. The Bertz CT molecular complexity index is 390. The molecule has 3 nitrogen and oxygen atoms in total. The number of benzene rings is 1. The Balaban J connectivity index is 2.07. The van der Waals surface area contributed by atoms with E-state index in [0.717, 1.165) is 17.7 Å². The summed E-state index contributed by atoms with van der Waals surface area (Å²) in [5.74, 6) is 2.13. The van der Waals surface area contributed by atoms with Gasteiger partial charge >= 0.3 is 5.97 Å². The predicted octanol–water partition coefficient (Wildman–Crippen LogP) is 2.78. The fourth-order valence-corrected chi connectivity index (χ4v) is 3.36. The van der Waals surface area contributed by atoms with Gasteiger partial charge in [0.1, 0.15) is 6.04 Å². The topological polar surface area (TPSA) is 38.3 Å². The zero-order valence-corrected chi connectivity index (χ0v) is 12.1. The van der Waals surface area contributed by atoms with E-state index in [0.29, 0.717) is 12.6 Å². The van der Waals surface area contributed by atoms with E-state index in [4.69, 9.17) is 4.74 Å². The highest BCUT2D eigenvalue weighted by molar-refractivity contribution is 7.99. The highest BCUT2D eigenvalue weighted by Crippen LogP contribution is 2.22. The maximum Gasteiger partial charge on any atom is 0.327 e. The molecule has 1 aliphatic heterocycles. The van der Waals surface area contributed by atoms with Gasteiger partial charge in [-0.3, -0.25) is 5.32 Å². The molecule has 0 saturated carbocycles. The van der Waals surface area contributed by atoms with Gasteiger partial charge in [0.15, 0.2) is 0 Å². The molecule has 0 aliphatic carbocycles. The maximum atomic E-state index is 12.1. The average molecular weight is 279 g/mol. The number of nitrogens with one attached hydrogen (secondary N) is 1. The van der Waals surface area contributed by atoms with Gasteiger partial charge in [-0.05, 0) is 31.1 Å². The third kappa shape index (κ3) is 4.25. The molecular formula is C15H21NO2S. The summed E-state index contributed by atoms with van der Waals surface area (Å²) in [5.41, 5.74) is 0.983. The van der Waals surface area contributed by atoms with Crippen molar-refractivity contribution in [1.82, 2.24) is 5.32 Å². The molecule has 1 aromatic carbocycles. The van der Waals surface area contributed by atoms with E-state index in [1.165, 1.54) is 12.2 Å². The van der Waals surface area contributed by atoms with Crippen LogP contribution in [0, 0.1) is 0 Å². The first-order valence-corrected chi connectivity index (χ1v) is 8.02. The molecule has 1 fully saturated rings. The van der Waals surface area contributed by atoms with Crippen molar-refractivity contribution in [2.24, 2.45) is 0 Å². The Morgan fingerprint density at radius 2 is 2.26 bits per heavy atom. The summed E-state index contributed by atoms with van der Waals surface area (Å²) in [6, 6.07) is 9.88. The lowest BCUT2D eigenvalue weighted by molar-refractivity contribution is -0.146. The molecule has 2 rings (SSSR count). The summed E-state index contributed by atoms with van der Waals surface area (Å²) in [6.07, 6.45) is 2.35. The van der Waals surface area contributed by atoms with Crippen LogP contribution in [-0.2, 0) is 9.53 Å². The lowest BCUT2D eigenvalue weighted by Crippen LogP contribution is -2.40. The van der Waals surface area contributed by atoms with Gasteiger partial charge in [-0.1, -0.05) is 30.3 Å². The summed E-state index contributed by atoms with van der Waals surface area (Å²) < 4.78 is 5.19. The van der Waals surface area contributed by atoms with Crippen LogP contribution in [-0.4, -0.2) is 30.1 Å². The molecule has 1 saturated heterocycles. The molecule has 2 unspecified atom stereocenters. The van der Waals surface area contributed by atoms with Crippen molar-refractivity contribution in [2.75, 3.05) is 18.1 Å². The number of carbonyl (C=O) groups excluding carboxylic acids is 1. The zero-order chi connectivity index (χ0) is 13.5. The number of thioether (sulfide) groups is 1. The number of hydrogen-bond donors (Lipinski definition) is 1. The molecule has 0 spiro atoms. The van der Waals surface area contributed by atoms with Gasteiger partial charge in [0.2, 0.25) is 0 Å². The van der Waals surface area contributed by atoms with Crippen LogP contribution in [0.4, 0.5) is 0 Å². The van der Waals surface area contributed by atoms with Gasteiger partial charge in [-0.25, -0.2) is 4.79 Å². The summed E-state index contributed by atoms with van der Waals surface area (Å²) in [5, 5.41) is 3.46. The smallest absolute Gasteiger partial charge is 0.327 e. The van der Waals surface area contributed by atoms with Crippen molar-refractivity contribution in [2.45, 2.75) is 31.8 Å². The zero-order valence-electron chi connectivity index (χ0n) is 11.3. The monoisotopic (exact) mass is 279 g/mol. The normalized spacial score (nSPS) is 20.8. The van der Waals surface area contributed by atoms with E-state index in [2.05, 4.69) is 5.32 Å². The predicted molar refractivity (Wildman–Crippen MR) is 79.3 cm³/mol. The minimum absolute atomic E-state index is 0.177. The Morgan fingerprint density at radius 3 is 2.89 bits per heavy atom. The molecule has 104 valence electrons. The van der Waals surface area contributed by atoms with Crippen molar-refractivity contribution in [3.63, 3.8) is 0 Å². The summed E-state index contributed by atoms with van der Waals surface area (Å²) in [7, 11) is 0. The molecule has 1 heterocycles. The SMILES string of the molecule is CCOC(=O)C(NC1CCCSC1)c1ccccc1. The first-order chi connectivity index (χ1) is 9.31. The summed E-state index contributed by atoms with van der Waals surface area (Å²) in [4.78, 5) is 12.1. The Morgan fingerprint density at radius 1 is 1.47 bits per heavy atom. The third-order valence-corrected chi connectivity index (χ3v) is 4.43. The standard InChI is InChI=1S/C15H21NO2S/c1-2-18-15(17)14(12-7-4-3-5-8-12)16-13-9-6-10-19-11-13/h3-5,7-8,13-14,16H,2,6,9-11H2,1H3. The molecule has 4 heteroatoms. The van der Waals surface area contributed by atoms with Crippen LogP contribution >= 0.6 is 11.8 Å². The molecule has 1 aliphatic rings. The number of esters is 1. The van der Waals surface area contributed by atoms with Crippen LogP contribution in [0.3, 0.4) is 0 Å². The fourth-order valence-electron chi connectivity index (χ4n) is 2.28. The largest absolute Gasteiger partial charge is 0.465 e. The van der Waals surface area contributed by atoms with E-state index in [1.807, 2.05) is 49.0 Å². The Labute approximate surface area is 119 Å². The lowest BCUT2D eigenvalue weighted by Gasteiger charge is -2.27. The third-order valence-electron chi connectivity index (χ3n) is 3.22. The summed E-state index contributed by atoms with van der Waals surface area (Å²) >= 11 is 1.95. The average Bonchev–Trinajstić information content (AvgIpc) is 2.47. The lowest BCUT2D eigenvalue weighted by atomic mass is 10.0. The number of hydrogen-bond acceptors (Lipinski definition) is 4. The molecule has 1 aromatic rings. The molecule has 0 radical (unpaired) electrons. The van der Waals surface area contributed by atoms with Crippen LogP contribution in [0.5, 0.6) is 0 Å². The molecule has 19 heavy (non-hydrogen) atoms. The van der Waals surface area contributed by atoms with Gasteiger partial charge in [-0.2, -0.15) is 11.8 Å². The summed E-state index contributed by atoms with van der Waals surface area (Å²) in [6.45, 7) is 2.26. The second-order valence-electron chi connectivity index (χ2n) is 4.68. The van der Waals surface area contributed by atoms with Crippen LogP contribution in [0.1, 0.15) is 31.4 Å². The number of rotatable bonds is 5. The van der Waals surface area contributed by atoms with Gasteiger partial charge in [0, 0.05) is 11.8 Å². The number of ether oxygens (including phenoxy) is 1. The molecule has 0 bridgehead atoms. The Kier molecular flexibility index (Phi) is 5.73. The fraction of sp³-hybridized carbons (Fsp3) is 0.533. The molecule has 0 amide bonds. The molecule has 2 atom stereocenters. The van der Waals surface area contributed by atoms with Crippen LogP contribution < -0.4 is 5.32 Å². The quantitative estimate of drug-likeness (QED) is 0.841. The first-order valence-electron chi connectivity index (χ1n) is 6.86. The highest BCUT2D eigenvalue weighted by Gasteiger charge is 2.25. The molecule has 1 N–H and O–H groups in total. The van der Waals surface area contributed by atoms with Crippen LogP contribution in [0.2, 0.25) is 0 Å². The van der Waals surface area contributed by atoms with Crippen molar-refractivity contribution in [3.8, 4) is 0 Å². The van der Waals surface area contributed by atoms with Gasteiger partial charge in [0.05, 0.1) is 6.61 Å². The van der Waals surface area contributed by atoms with Crippen molar-refractivity contribution < 1.29 is 9.53 Å². The van der Waals surface area contributed by atoms with Crippen molar-refractivity contribution in [1.29, 1.82) is 0 Å². The minimum Gasteiger partial charge on any atom is -0.465 e. The second kappa shape index (κ2) is 7.56. The van der Waals surface area contributed by atoms with Gasteiger partial charge in [0.25, 0.3) is 0 Å². The molecule has 0 aromatic heterocycles. The maximum absolute atomic E-state index is 12.1. The second-order valence-corrected chi connectivity index (χ2v) is 5.83.